The van der Waals surface area contributed by atoms with Gasteiger partial charge in [0.1, 0.15) is 5.75 Å². The zero-order chi connectivity index (χ0) is 19.0. The summed E-state index contributed by atoms with van der Waals surface area (Å²) in [6.07, 6.45) is 3.19. The minimum Gasteiger partial charge on any atom is -0.496 e. The van der Waals surface area contributed by atoms with Gasteiger partial charge in [0.2, 0.25) is 0 Å². The fourth-order valence-corrected chi connectivity index (χ4v) is 4.25. The number of benzene rings is 2. The molecule has 144 valence electrons. The minimum atomic E-state index is -0.469. The SMILES string of the molecule is COc1cc(C)c(Cc2ccc3c(c2)CC3)cc1C1CC(O)CC(CO)O1. The van der Waals surface area contributed by atoms with Gasteiger partial charge in [-0.1, -0.05) is 18.2 Å². The molecular formula is C23H28O4. The predicted octanol–water partition coefficient (Wildman–Crippen LogP) is 3.27. The second-order valence-electron chi connectivity index (χ2n) is 7.86. The van der Waals surface area contributed by atoms with Crippen LogP contribution < -0.4 is 4.74 Å². The number of fused-ring (bicyclic) bond motifs is 1. The maximum atomic E-state index is 10.2. The van der Waals surface area contributed by atoms with Gasteiger partial charge in [-0.05, 0) is 66.1 Å². The fourth-order valence-electron chi connectivity index (χ4n) is 4.25. The Labute approximate surface area is 160 Å². The highest BCUT2D eigenvalue weighted by atomic mass is 16.5. The molecule has 2 aromatic rings. The van der Waals surface area contributed by atoms with Crippen LogP contribution in [0.2, 0.25) is 0 Å². The number of aliphatic hydroxyl groups is 2. The van der Waals surface area contributed by atoms with E-state index < -0.39 is 6.10 Å². The van der Waals surface area contributed by atoms with E-state index in [0.717, 1.165) is 17.7 Å². The Morgan fingerprint density at radius 3 is 2.59 bits per heavy atom. The van der Waals surface area contributed by atoms with Crippen LogP contribution in [0.3, 0.4) is 0 Å². The highest BCUT2D eigenvalue weighted by Gasteiger charge is 2.31. The van der Waals surface area contributed by atoms with E-state index in [2.05, 4.69) is 37.3 Å². The highest BCUT2D eigenvalue weighted by molar-refractivity contribution is 5.47. The summed E-state index contributed by atoms with van der Waals surface area (Å²) in [7, 11) is 1.66. The van der Waals surface area contributed by atoms with Crippen molar-refractivity contribution in [2.45, 2.75) is 57.3 Å². The van der Waals surface area contributed by atoms with Crippen LogP contribution in [0.15, 0.2) is 30.3 Å². The van der Waals surface area contributed by atoms with Crippen molar-refractivity contribution in [1.29, 1.82) is 0 Å². The summed E-state index contributed by atoms with van der Waals surface area (Å²) in [6.45, 7) is 2.03. The molecule has 1 aliphatic heterocycles. The van der Waals surface area contributed by atoms with Gasteiger partial charge >= 0.3 is 0 Å². The van der Waals surface area contributed by atoms with Gasteiger partial charge in [0.25, 0.3) is 0 Å². The van der Waals surface area contributed by atoms with Gasteiger partial charge in [-0.25, -0.2) is 0 Å². The van der Waals surface area contributed by atoms with Crippen LogP contribution in [0.1, 0.15) is 52.3 Å². The van der Waals surface area contributed by atoms with E-state index in [1.165, 1.54) is 40.7 Å². The van der Waals surface area contributed by atoms with Gasteiger partial charge in [0.05, 0.1) is 32.0 Å². The molecule has 1 heterocycles. The molecule has 4 rings (SSSR count). The molecule has 3 atom stereocenters. The van der Waals surface area contributed by atoms with Crippen LogP contribution in [0, 0.1) is 6.92 Å². The monoisotopic (exact) mass is 368 g/mol. The van der Waals surface area contributed by atoms with E-state index in [9.17, 15) is 10.2 Å². The number of aryl methyl sites for hydroxylation is 3. The Kier molecular flexibility index (Phi) is 5.22. The Morgan fingerprint density at radius 1 is 1.11 bits per heavy atom. The minimum absolute atomic E-state index is 0.0796. The molecule has 0 saturated carbocycles. The molecule has 0 bridgehead atoms. The molecular weight excluding hydrogens is 340 g/mol. The average molecular weight is 368 g/mol. The van der Waals surface area contributed by atoms with Crippen LogP contribution in [-0.2, 0) is 24.0 Å². The van der Waals surface area contributed by atoms with Crippen molar-refractivity contribution >= 4 is 0 Å². The van der Waals surface area contributed by atoms with Crippen LogP contribution in [0.25, 0.3) is 0 Å². The Bertz CT molecular complexity index is 829. The van der Waals surface area contributed by atoms with E-state index in [4.69, 9.17) is 9.47 Å². The average Bonchev–Trinajstić information content (AvgIpc) is 2.64. The molecule has 0 aromatic heterocycles. The summed E-state index contributed by atoms with van der Waals surface area (Å²) < 4.78 is 11.6. The maximum Gasteiger partial charge on any atom is 0.124 e. The molecule has 3 unspecified atom stereocenters. The second kappa shape index (κ2) is 7.63. The number of hydrogen-bond acceptors (Lipinski definition) is 4. The van der Waals surface area contributed by atoms with Gasteiger partial charge in [0.15, 0.2) is 0 Å². The summed E-state index contributed by atoms with van der Waals surface area (Å²) in [5.74, 6) is 0.782. The standard InChI is InChI=1S/C23H28O4/c1-14-7-22(26-2)21(23-12-19(25)11-20(13-24)27-23)10-18(14)9-15-3-4-16-5-6-17(16)8-15/h3-4,7-8,10,19-20,23-25H,5-6,9,11-13H2,1-2H3. The van der Waals surface area contributed by atoms with E-state index >= 15 is 0 Å². The number of ether oxygens (including phenoxy) is 2. The molecule has 27 heavy (non-hydrogen) atoms. The van der Waals surface area contributed by atoms with Crippen molar-refractivity contribution in [1.82, 2.24) is 0 Å². The van der Waals surface area contributed by atoms with E-state index in [0.29, 0.717) is 12.8 Å². The van der Waals surface area contributed by atoms with Crippen LogP contribution in [-0.4, -0.2) is 36.1 Å². The summed E-state index contributed by atoms with van der Waals surface area (Å²) in [5.41, 5.74) is 7.67. The van der Waals surface area contributed by atoms with Crippen LogP contribution in [0.5, 0.6) is 5.75 Å². The van der Waals surface area contributed by atoms with Crippen molar-refractivity contribution in [3.8, 4) is 5.75 Å². The molecule has 0 amide bonds. The first-order chi connectivity index (χ1) is 13.1. The third-order valence-electron chi connectivity index (χ3n) is 5.95. The molecule has 0 radical (unpaired) electrons. The van der Waals surface area contributed by atoms with E-state index in [1.54, 1.807) is 7.11 Å². The third-order valence-corrected chi connectivity index (χ3v) is 5.95. The number of methoxy groups -OCH3 is 1. The topological polar surface area (TPSA) is 58.9 Å². The quantitative estimate of drug-likeness (QED) is 0.850. The Balaban J connectivity index is 1.64. The van der Waals surface area contributed by atoms with Gasteiger partial charge in [-0.15, -0.1) is 0 Å². The molecule has 1 aliphatic carbocycles. The fraction of sp³-hybridized carbons (Fsp3) is 0.478. The lowest BCUT2D eigenvalue weighted by Crippen LogP contribution is -2.33. The lowest BCUT2D eigenvalue weighted by atomic mass is 9.85. The first-order valence-electron chi connectivity index (χ1n) is 9.80. The smallest absolute Gasteiger partial charge is 0.124 e. The summed E-state index contributed by atoms with van der Waals surface area (Å²) >= 11 is 0. The van der Waals surface area contributed by atoms with Crippen molar-refractivity contribution in [2.24, 2.45) is 0 Å². The lowest BCUT2D eigenvalue weighted by Gasteiger charge is -2.33. The first-order valence-corrected chi connectivity index (χ1v) is 9.80. The van der Waals surface area contributed by atoms with E-state index in [1.807, 2.05) is 0 Å². The highest BCUT2D eigenvalue weighted by Crippen LogP contribution is 2.38. The third kappa shape index (κ3) is 3.75. The van der Waals surface area contributed by atoms with E-state index in [-0.39, 0.29) is 18.8 Å². The maximum absolute atomic E-state index is 10.2. The number of aliphatic hydroxyl groups excluding tert-OH is 2. The largest absolute Gasteiger partial charge is 0.496 e. The molecule has 2 aromatic carbocycles. The summed E-state index contributed by atoms with van der Waals surface area (Å²) in [4.78, 5) is 0. The first kappa shape index (κ1) is 18.5. The molecule has 1 fully saturated rings. The second-order valence-corrected chi connectivity index (χ2v) is 7.86. The van der Waals surface area contributed by atoms with Gasteiger partial charge in [-0.2, -0.15) is 0 Å². The molecule has 1 saturated heterocycles. The van der Waals surface area contributed by atoms with Crippen molar-refractivity contribution < 1.29 is 19.7 Å². The molecule has 4 nitrogen and oxygen atoms in total. The number of rotatable bonds is 5. The zero-order valence-corrected chi connectivity index (χ0v) is 16.1. The zero-order valence-electron chi connectivity index (χ0n) is 16.1. The molecule has 4 heteroatoms. The van der Waals surface area contributed by atoms with Crippen LogP contribution >= 0.6 is 0 Å². The molecule has 2 aliphatic rings. The normalized spacial score (nSPS) is 24.2. The molecule has 2 N–H and O–H groups in total. The Morgan fingerprint density at radius 2 is 1.93 bits per heavy atom. The van der Waals surface area contributed by atoms with Crippen molar-refractivity contribution in [3.05, 3.63) is 63.7 Å². The lowest BCUT2D eigenvalue weighted by molar-refractivity contribution is -0.114. The Hall–Kier alpha value is -1.88. The van der Waals surface area contributed by atoms with Crippen LogP contribution in [0.4, 0.5) is 0 Å². The molecule has 0 spiro atoms. The van der Waals surface area contributed by atoms with Gasteiger partial charge in [-0.3, -0.25) is 0 Å². The van der Waals surface area contributed by atoms with Crippen molar-refractivity contribution in [3.63, 3.8) is 0 Å². The number of hydrogen-bond donors (Lipinski definition) is 2. The summed E-state index contributed by atoms with van der Waals surface area (Å²) in [5, 5.41) is 19.7. The summed E-state index contributed by atoms with van der Waals surface area (Å²) in [6, 6.07) is 11.0. The van der Waals surface area contributed by atoms with Gasteiger partial charge < -0.3 is 19.7 Å². The van der Waals surface area contributed by atoms with Crippen molar-refractivity contribution in [2.75, 3.05) is 13.7 Å². The van der Waals surface area contributed by atoms with Gasteiger partial charge in [0, 0.05) is 18.4 Å². The predicted molar refractivity (Wildman–Crippen MR) is 104 cm³/mol.